The molecular formula is C17H17FN4OS4. The molecule has 0 unspecified atom stereocenters. The Morgan fingerprint density at radius 2 is 1.93 bits per heavy atom. The van der Waals surface area contributed by atoms with Crippen molar-refractivity contribution < 1.29 is 9.18 Å². The molecule has 0 aliphatic carbocycles. The first-order chi connectivity index (χ1) is 13.1. The van der Waals surface area contributed by atoms with Crippen LogP contribution in [0.2, 0.25) is 0 Å². The summed E-state index contributed by atoms with van der Waals surface area (Å²) in [5.41, 5.74) is 1.86. The molecule has 1 amide bonds. The molecule has 0 spiro atoms. The third-order valence-corrected chi connectivity index (χ3v) is 7.44. The van der Waals surface area contributed by atoms with Crippen molar-refractivity contribution in [1.82, 2.24) is 20.5 Å². The van der Waals surface area contributed by atoms with Gasteiger partial charge in [0.15, 0.2) is 8.68 Å². The normalized spacial score (nSPS) is 10.9. The van der Waals surface area contributed by atoms with Gasteiger partial charge in [-0.05, 0) is 30.7 Å². The molecule has 0 aliphatic heterocycles. The van der Waals surface area contributed by atoms with Crippen LogP contribution in [0.5, 0.6) is 0 Å². The molecule has 10 heteroatoms. The minimum Gasteiger partial charge on any atom is -0.355 e. The van der Waals surface area contributed by atoms with Crippen LogP contribution in [0.15, 0.2) is 38.3 Å². The Labute approximate surface area is 173 Å². The van der Waals surface area contributed by atoms with E-state index >= 15 is 0 Å². The van der Waals surface area contributed by atoms with Gasteiger partial charge in [0.2, 0.25) is 5.91 Å². The standard InChI is InChI=1S/C17H17FN4OS4/c1-2-7-19-14(23)10-26-17-22-21-16(27-17)25-9-13-8-24-15(20-13)11-3-5-12(18)6-4-11/h3-6,8H,2,7,9-10H2,1H3,(H,19,23). The van der Waals surface area contributed by atoms with Gasteiger partial charge >= 0.3 is 0 Å². The van der Waals surface area contributed by atoms with Crippen molar-refractivity contribution in [2.75, 3.05) is 12.3 Å². The van der Waals surface area contributed by atoms with Crippen molar-refractivity contribution in [3.8, 4) is 10.6 Å². The topological polar surface area (TPSA) is 67.8 Å². The third kappa shape index (κ3) is 6.27. The van der Waals surface area contributed by atoms with Crippen molar-refractivity contribution in [1.29, 1.82) is 0 Å². The Bertz CT molecular complexity index is 881. The van der Waals surface area contributed by atoms with E-state index in [0.29, 0.717) is 18.1 Å². The molecule has 27 heavy (non-hydrogen) atoms. The van der Waals surface area contributed by atoms with Crippen LogP contribution in [0.1, 0.15) is 19.0 Å². The highest BCUT2D eigenvalue weighted by Crippen LogP contribution is 2.32. The number of carbonyl (C=O) groups is 1. The molecule has 1 N–H and O–H groups in total. The number of hydrogen-bond acceptors (Lipinski definition) is 8. The van der Waals surface area contributed by atoms with Crippen LogP contribution < -0.4 is 5.32 Å². The highest BCUT2D eigenvalue weighted by atomic mass is 32.2. The number of nitrogens with one attached hydrogen (secondary N) is 1. The van der Waals surface area contributed by atoms with E-state index in [4.69, 9.17) is 0 Å². The van der Waals surface area contributed by atoms with Gasteiger partial charge in [0, 0.05) is 23.2 Å². The first kappa shape index (κ1) is 20.2. The van der Waals surface area contributed by atoms with E-state index in [1.165, 1.54) is 46.6 Å². The second-order valence-electron chi connectivity index (χ2n) is 5.41. The second-order valence-corrected chi connectivity index (χ2v) is 9.69. The summed E-state index contributed by atoms with van der Waals surface area (Å²) < 4.78 is 14.7. The maximum absolute atomic E-state index is 13.0. The van der Waals surface area contributed by atoms with Crippen molar-refractivity contribution in [3.05, 3.63) is 41.2 Å². The molecule has 142 valence electrons. The van der Waals surface area contributed by atoms with Crippen molar-refractivity contribution in [2.24, 2.45) is 0 Å². The van der Waals surface area contributed by atoms with Gasteiger partial charge in [-0.15, -0.1) is 21.5 Å². The lowest BCUT2D eigenvalue weighted by molar-refractivity contribution is -0.118. The van der Waals surface area contributed by atoms with Gasteiger partial charge in [0.25, 0.3) is 0 Å². The maximum Gasteiger partial charge on any atom is 0.230 e. The van der Waals surface area contributed by atoms with E-state index in [0.717, 1.165) is 31.4 Å². The summed E-state index contributed by atoms with van der Waals surface area (Å²) in [6, 6.07) is 6.34. The van der Waals surface area contributed by atoms with Gasteiger partial charge in [-0.3, -0.25) is 4.79 Å². The average Bonchev–Trinajstić information content (AvgIpc) is 3.33. The molecular weight excluding hydrogens is 423 g/mol. The highest BCUT2D eigenvalue weighted by molar-refractivity contribution is 8.03. The molecule has 2 aromatic heterocycles. The summed E-state index contributed by atoms with van der Waals surface area (Å²) in [4.78, 5) is 16.2. The lowest BCUT2D eigenvalue weighted by Gasteiger charge is -2.00. The minimum absolute atomic E-state index is 0.0158. The van der Waals surface area contributed by atoms with Crippen LogP contribution in [-0.2, 0) is 10.5 Å². The minimum atomic E-state index is -0.251. The number of thiazole rings is 1. The number of benzene rings is 1. The van der Waals surface area contributed by atoms with Gasteiger partial charge in [-0.1, -0.05) is 41.8 Å². The monoisotopic (exact) mass is 440 g/mol. The fourth-order valence-corrected chi connectivity index (χ4v) is 5.66. The molecule has 5 nitrogen and oxygen atoms in total. The van der Waals surface area contributed by atoms with Crippen LogP contribution in [0.25, 0.3) is 10.6 Å². The number of aromatic nitrogens is 3. The molecule has 3 aromatic rings. The van der Waals surface area contributed by atoms with E-state index in [2.05, 4.69) is 20.5 Å². The molecule has 0 saturated carbocycles. The Balaban J connectivity index is 1.49. The first-order valence-electron chi connectivity index (χ1n) is 8.20. The third-order valence-electron chi connectivity index (χ3n) is 3.27. The van der Waals surface area contributed by atoms with Crippen LogP contribution >= 0.6 is 46.2 Å². The first-order valence-corrected chi connectivity index (χ1v) is 11.9. The SMILES string of the molecule is CCCNC(=O)CSc1nnc(SCc2csc(-c3ccc(F)cc3)n2)s1. The molecule has 1 aromatic carbocycles. The number of carbonyl (C=O) groups excluding carboxylic acids is 1. The number of nitrogens with zero attached hydrogens (tertiary/aromatic N) is 3. The Morgan fingerprint density at radius 1 is 1.19 bits per heavy atom. The van der Waals surface area contributed by atoms with Crippen LogP contribution in [-0.4, -0.2) is 33.4 Å². The van der Waals surface area contributed by atoms with Gasteiger partial charge in [-0.25, -0.2) is 9.37 Å². The lowest BCUT2D eigenvalue weighted by atomic mass is 10.2. The van der Waals surface area contributed by atoms with Crippen molar-refractivity contribution >= 4 is 52.1 Å². The molecule has 0 radical (unpaired) electrons. The zero-order valence-corrected chi connectivity index (χ0v) is 17.7. The average molecular weight is 441 g/mol. The van der Waals surface area contributed by atoms with E-state index in [1.807, 2.05) is 12.3 Å². The van der Waals surface area contributed by atoms with Gasteiger partial charge in [0.1, 0.15) is 10.8 Å². The van der Waals surface area contributed by atoms with E-state index < -0.39 is 0 Å². The molecule has 0 atom stereocenters. The molecule has 2 heterocycles. The van der Waals surface area contributed by atoms with E-state index in [-0.39, 0.29) is 11.7 Å². The Hall–Kier alpha value is -1.49. The fraction of sp³-hybridized carbons (Fsp3) is 0.294. The predicted molar refractivity (Wildman–Crippen MR) is 111 cm³/mol. The lowest BCUT2D eigenvalue weighted by Crippen LogP contribution is -2.25. The van der Waals surface area contributed by atoms with Gasteiger partial charge in [-0.2, -0.15) is 0 Å². The van der Waals surface area contributed by atoms with Crippen LogP contribution in [0, 0.1) is 5.82 Å². The Morgan fingerprint density at radius 3 is 2.67 bits per heavy atom. The zero-order valence-electron chi connectivity index (χ0n) is 14.5. The molecule has 0 aliphatic rings. The summed E-state index contributed by atoms with van der Waals surface area (Å²) >= 11 is 5.99. The Kier molecular flexibility index (Phi) is 7.62. The molecule has 0 fully saturated rings. The largest absolute Gasteiger partial charge is 0.355 e. The van der Waals surface area contributed by atoms with Crippen molar-refractivity contribution in [2.45, 2.75) is 27.8 Å². The summed E-state index contributed by atoms with van der Waals surface area (Å²) in [5.74, 6) is 0.807. The summed E-state index contributed by atoms with van der Waals surface area (Å²) in [6.07, 6.45) is 0.926. The van der Waals surface area contributed by atoms with E-state index in [9.17, 15) is 9.18 Å². The molecule has 0 saturated heterocycles. The number of rotatable bonds is 9. The zero-order chi connectivity index (χ0) is 19.1. The smallest absolute Gasteiger partial charge is 0.230 e. The summed E-state index contributed by atoms with van der Waals surface area (Å²) in [6.45, 7) is 2.72. The fourth-order valence-electron chi connectivity index (χ4n) is 1.99. The van der Waals surface area contributed by atoms with Gasteiger partial charge < -0.3 is 5.32 Å². The number of amides is 1. The quantitative estimate of drug-likeness (QED) is 0.486. The van der Waals surface area contributed by atoms with Crippen molar-refractivity contribution in [3.63, 3.8) is 0 Å². The summed E-state index contributed by atoms with van der Waals surface area (Å²) in [7, 11) is 0. The molecule has 0 bridgehead atoms. The predicted octanol–water partition coefficient (Wildman–Crippen LogP) is 4.71. The van der Waals surface area contributed by atoms with E-state index in [1.54, 1.807) is 23.9 Å². The second kappa shape index (κ2) is 10.2. The van der Waals surface area contributed by atoms with Crippen LogP contribution in [0.4, 0.5) is 4.39 Å². The maximum atomic E-state index is 13.0. The summed E-state index contributed by atoms with van der Waals surface area (Å²) in [5, 5.41) is 14.0. The molecule has 3 rings (SSSR count). The highest BCUT2D eigenvalue weighted by Gasteiger charge is 2.10. The number of hydrogen-bond donors (Lipinski definition) is 1. The number of thioether (sulfide) groups is 2. The van der Waals surface area contributed by atoms with Crippen LogP contribution in [0.3, 0.4) is 0 Å². The van der Waals surface area contributed by atoms with Gasteiger partial charge in [0.05, 0.1) is 11.4 Å². The number of halogens is 1.